The summed E-state index contributed by atoms with van der Waals surface area (Å²) in [7, 11) is 2.92. The number of pyridine rings is 1. The van der Waals surface area contributed by atoms with Gasteiger partial charge in [-0.25, -0.2) is 4.79 Å². The number of carbonyl (C=O) groups is 5. The van der Waals surface area contributed by atoms with E-state index in [4.69, 9.17) is 19.9 Å². The van der Waals surface area contributed by atoms with E-state index in [2.05, 4.69) is 20.9 Å². The summed E-state index contributed by atoms with van der Waals surface area (Å²) in [6.07, 6.45) is 9.97. The van der Waals surface area contributed by atoms with E-state index in [1.807, 2.05) is 6.92 Å². The van der Waals surface area contributed by atoms with Crippen molar-refractivity contribution in [1.29, 1.82) is 0 Å². The minimum atomic E-state index is -1.01. The van der Waals surface area contributed by atoms with Crippen LogP contribution in [0.2, 0.25) is 0 Å². The number of ketones is 2. The second kappa shape index (κ2) is 21.7. The number of carbonyl (C=O) groups excluding carboxylic acids is 5. The molecule has 294 valence electrons. The summed E-state index contributed by atoms with van der Waals surface area (Å²) in [5, 5.41) is 20.1. The number of nitrogens with one attached hydrogen (secondary N) is 3. The zero-order chi connectivity index (χ0) is 39.8. The SMILES string of the molecule is CO[C@H]1/C=C\C=C(/C)C(=O)NC2=CC(=O)C(NCCCCCCNC(=O)c3cccnc3)=C(C[C@@H](C)C[C@H](OC)[C@H](O)[C@@H](C)/C=C(\C)[C@@H]1OC(N)=O)C2=O. The molecule has 1 aliphatic carbocycles. The summed E-state index contributed by atoms with van der Waals surface area (Å²) < 4.78 is 16.7. The maximum Gasteiger partial charge on any atom is 0.405 e. The number of nitrogens with two attached hydrogens (primary N) is 1. The van der Waals surface area contributed by atoms with Gasteiger partial charge in [0.1, 0.15) is 6.10 Å². The zero-order valence-electron chi connectivity index (χ0n) is 32.1. The van der Waals surface area contributed by atoms with Crippen molar-refractivity contribution < 1.29 is 43.3 Å². The Morgan fingerprint density at radius 3 is 2.43 bits per heavy atom. The zero-order valence-corrected chi connectivity index (χ0v) is 32.1. The molecule has 0 aromatic carbocycles. The number of allylic oxidation sites excluding steroid dienone is 4. The minimum absolute atomic E-state index is 0.137. The van der Waals surface area contributed by atoms with Gasteiger partial charge in [-0.3, -0.25) is 24.2 Å². The van der Waals surface area contributed by atoms with E-state index in [1.165, 1.54) is 26.5 Å². The van der Waals surface area contributed by atoms with Crippen molar-refractivity contribution in [3.05, 3.63) is 88.6 Å². The summed E-state index contributed by atoms with van der Waals surface area (Å²) >= 11 is 0. The predicted octanol–water partition coefficient (Wildman–Crippen LogP) is 3.74. The van der Waals surface area contributed by atoms with E-state index in [1.54, 1.807) is 57.3 Å². The molecular weight excluding hydrogens is 694 g/mol. The predicted molar refractivity (Wildman–Crippen MR) is 203 cm³/mol. The lowest BCUT2D eigenvalue weighted by atomic mass is 9.85. The number of aromatic nitrogens is 1. The van der Waals surface area contributed by atoms with E-state index in [0.717, 1.165) is 25.3 Å². The normalized spacial score (nSPS) is 27.1. The molecule has 2 heterocycles. The molecular formula is C40H55N5O9. The number of rotatable bonds is 12. The van der Waals surface area contributed by atoms with Gasteiger partial charge < -0.3 is 41.0 Å². The molecule has 14 nitrogen and oxygen atoms in total. The fourth-order valence-electron chi connectivity index (χ4n) is 6.40. The monoisotopic (exact) mass is 749 g/mol. The van der Waals surface area contributed by atoms with Crippen LogP contribution in [0.4, 0.5) is 4.79 Å². The largest absolute Gasteiger partial charge is 0.439 e. The Hall–Kier alpha value is -4.92. The summed E-state index contributed by atoms with van der Waals surface area (Å²) in [5.41, 5.74) is 6.99. The van der Waals surface area contributed by atoms with Gasteiger partial charge >= 0.3 is 6.09 Å². The summed E-state index contributed by atoms with van der Waals surface area (Å²) in [5.74, 6) is -2.37. The van der Waals surface area contributed by atoms with Crippen LogP contribution in [-0.2, 0) is 28.6 Å². The number of amides is 3. The fourth-order valence-corrected chi connectivity index (χ4v) is 6.40. The van der Waals surface area contributed by atoms with Gasteiger partial charge in [0.2, 0.25) is 11.6 Å². The summed E-state index contributed by atoms with van der Waals surface area (Å²) in [6.45, 7) is 7.95. The Bertz CT molecular complexity index is 1650. The Balaban J connectivity index is 1.81. The van der Waals surface area contributed by atoms with Gasteiger partial charge in [-0.1, -0.05) is 51.0 Å². The van der Waals surface area contributed by atoms with Crippen molar-refractivity contribution in [2.75, 3.05) is 27.3 Å². The first-order valence-corrected chi connectivity index (χ1v) is 18.3. The number of aliphatic hydroxyl groups is 1. The van der Waals surface area contributed by atoms with Crippen LogP contribution in [0.3, 0.4) is 0 Å². The number of fused-ring (bicyclic) bond motifs is 2. The molecule has 3 rings (SSSR count). The molecule has 0 fully saturated rings. The minimum Gasteiger partial charge on any atom is -0.439 e. The molecule has 1 aliphatic heterocycles. The lowest BCUT2D eigenvalue weighted by Crippen LogP contribution is -2.38. The van der Waals surface area contributed by atoms with Crippen molar-refractivity contribution in [2.45, 2.75) is 90.6 Å². The van der Waals surface area contributed by atoms with Crippen molar-refractivity contribution in [2.24, 2.45) is 17.6 Å². The van der Waals surface area contributed by atoms with Gasteiger partial charge in [0.05, 0.1) is 29.2 Å². The Kier molecular flexibility index (Phi) is 17.5. The average molecular weight is 750 g/mol. The standard InChI is InChI=1S/C40H55N5O9/c1-24-19-29-34(43-17-9-7-8-10-18-44-39(50)28-14-12-16-42-23-28)31(46)22-30(36(29)48)45-38(49)25(2)13-11-15-32(52-5)37(54-40(41)51)27(4)21-26(3)35(47)33(20-24)53-6/h11-16,21-24,26,32-33,35,37,43,47H,7-10,17-20H2,1-6H3,(H2,41,51)(H,44,50)(H,45,49)/b15-11-,25-13+,27-21+/t24-,26+,32+,33+,35-,37+/m1/s1. The molecule has 2 bridgehead atoms. The quantitative estimate of drug-likeness (QED) is 0.118. The van der Waals surface area contributed by atoms with E-state index >= 15 is 0 Å². The van der Waals surface area contributed by atoms with Crippen LogP contribution >= 0.6 is 0 Å². The van der Waals surface area contributed by atoms with Crippen molar-refractivity contribution in [3.63, 3.8) is 0 Å². The fraction of sp³-hybridized carbons (Fsp3) is 0.500. The molecule has 1 aromatic rings. The average Bonchev–Trinajstić information content (AvgIpc) is 3.14. The summed E-state index contributed by atoms with van der Waals surface area (Å²) in [6, 6.07) is 3.41. The highest BCUT2D eigenvalue weighted by Gasteiger charge is 2.33. The van der Waals surface area contributed by atoms with Gasteiger partial charge in [0.15, 0.2) is 6.10 Å². The first-order valence-electron chi connectivity index (χ1n) is 18.3. The third-order valence-electron chi connectivity index (χ3n) is 9.41. The van der Waals surface area contributed by atoms with Gasteiger partial charge in [0.25, 0.3) is 11.8 Å². The van der Waals surface area contributed by atoms with Crippen LogP contribution in [0, 0.1) is 11.8 Å². The van der Waals surface area contributed by atoms with E-state index in [0.29, 0.717) is 37.1 Å². The van der Waals surface area contributed by atoms with Crippen molar-refractivity contribution >= 4 is 29.5 Å². The molecule has 54 heavy (non-hydrogen) atoms. The van der Waals surface area contributed by atoms with Gasteiger partial charge in [-0.05, 0) is 63.2 Å². The topological polar surface area (TPSA) is 208 Å². The van der Waals surface area contributed by atoms with E-state index in [-0.39, 0.29) is 40.8 Å². The second-order valence-electron chi connectivity index (χ2n) is 13.8. The third-order valence-corrected chi connectivity index (χ3v) is 9.41. The van der Waals surface area contributed by atoms with Crippen LogP contribution in [0.15, 0.2) is 83.0 Å². The van der Waals surface area contributed by atoms with Crippen molar-refractivity contribution in [1.82, 2.24) is 20.9 Å². The molecule has 6 N–H and O–H groups in total. The maximum absolute atomic E-state index is 13.9. The number of unbranched alkanes of at least 4 members (excludes halogenated alkanes) is 3. The lowest BCUT2D eigenvalue weighted by molar-refractivity contribution is -0.120. The third kappa shape index (κ3) is 12.9. The molecule has 0 radical (unpaired) electrons. The van der Waals surface area contributed by atoms with Gasteiger partial charge in [0, 0.05) is 62.8 Å². The highest BCUT2D eigenvalue weighted by molar-refractivity contribution is 6.23. The Morgan fingerprint density at radius 1 is 1.06 bits per heavy atom. The molecule has 14 heteroatoms. The first kappa shape index (κ1) is 43.5. The van der Waals surface area contributed by atoms with Crippen LogP contribution in [-0.4, -0.2) is 91.3 Å². The van der Waals surface area contributed by atoms with Crippen LogP contribution in [0.1, 0.15) is 76.6 Å². The first-order chi connectivity index (χ1) is 25.8. The second-order valence-corrected chi connectivity index (χ2v) is 13.8. The van der Waals surface area contributed by atoms with Crippen LogP contribution in [0.5, 0.6) is 0 Å². The molecule has 3 amide bonds. The molecule has 2 aliphatic rings. The van der Waals surface area contributed by atoms with Gasteiger partial charge in [-0.15, -0.1) is 0 Å². The van der Waals surface area contributed by atoms with Crippen LogP contribution < -0.4 is 21.7 Å². The van der Waals surface area contributed by atoms with Crippen LogP contribution in [0.25, 0.3) is 0 Å². The van der Waals surface area contributed by atoms with E-state index < -0.39 is 53.9 Å². The number of aliphatic hydroxyl groups excluding tert-OH is 1. The smallest absolute Gasteiger partial charge is 0.405 e. The number of ether oxygens (including phenoxy) is 3. The number of nitrogens with zero attached hydrogens (tertiary/aromatic N) is 1. The molecule has 0 unspecified atom stereocenters. The molecule has 1 aromatic heterocycles. The summed E-state index contributed by atoms with van der Waals surface area (Å²) in [4.78, 5) is 68.7. The Morgan fingerprint density at radius 2 is 1.78 bits per heavy atom. The Labute approximate surface area is 317 Å². The molecule has 6 atom stereocenters. The number of methoxy groups -OCH3 is 2. The van der Waals surface area contributed by atoms with Gasteiger partial charge in [-0.2, -0.15) is 0 Å². The van der Waals surface area contributed by atoms with E-state index in [9.17, 15) is 29.1 Å². The number of hydrogen-bond acceptors (Lipinski definition) is 11. The maximum atomic E-state index is 13.9. The number of primary amides is 1. The lowest BCUT2D eigenvalue weighted by Gasteiger charge is -2.30. The number of hydrogen-bond donors (Lipinski definition) is 5. The molecule has 0 saturated heterocycles. The highest BCUT2D eigenvalue weighted by atomic mass is 16.6. The number of Topliss-reactive ketones (excluding diaryl/α,β-unsaturated/α-hetero) is 1. The molecule has 0 spiro atoms. The highest BCUT2D eigenvalue weighted by Crippen LogP contribution is 2.29. The van der Waals surface area contributed by atoms with Crippen molar-refractivity contribution in [3.8, 4) is 0 Å². The molecule has 0 saturated carbocycles.